The molecule has 0 bridgehead atoms. The molecule has 0 aromatic carbocycles. The van der Waals surface area contributed by atoms with Crippen molar-refractivity contribution in [3.05, 3.63) is 15.8 Å². The van der Waals surface area contributed by atoms with Gasteiger partial charge in [0.1, 0.15) is 5.69 Å². The average Bonchev–Trinajstić information content (AvgIpc) is 2.61. The smallest absolute Gasteiger partial charge is 0.333 e. The summed E-state index contributed by atoms with van der Waals surface area (Å²) in [5, 5.41) is 15.4. The summed E-state index contributed by atoms with van der Waals surface area (Å²) in [7, 11) is 1.73. The third-order valence-electron chi connectivity index (χ3n) is 3.20. The lowest BCUT2D eigenvalue weighted by atomic mass is 9.93. The fraction of sp³-hybridized carbons (Fsp3) is 0.750. The lowest BCUT2D eigenvalue weighted by Crippen LogP contribution is -2.39. The Labute approximate surface area is 113 Å². The van der Waals surface area contributed by atoms with Crippen LogP contribution in [0.3, 0.4) is 0 Å². The van der Waals surface area contributed by atoms with Gasteiger partial charge in [0.05, 0.1) is 4.92 Å². The largest absolute Gasteiger partial charge is 0.351 e. The van der Waals surface area contributed by atoms with Gasteiger partial charge in [-0.1, -0.05) is 13.8 Å². The number of aryl methyl sites for hydroxylation is 2. The Kier molecular flexibility index (Phi) is 4.52. The fourth-order valence-electron chi connectivity index (χ4n) is 2.12. The number of hydrogen-bond donors (Lipinski definition) is 1. The molecule has 0 fully saturated rings. The van der Waals surface area contributed by atoms with E-state index in [2.05, 4.69) is 5.10 Å². The second-order valence-electron chi connectivity index (χ2n) is 5.52. The SMILES string of the molecule is CCN(CC(C)(C)CN)c1c([N+](=O)[O-])c(C)nn1C. The molecule has 7 heteroatoms. The topological polar surface area (TPSA) is 90.2 Å². The van der Waals surface area contributed by atoms with Gasteiger partial charge in [-0.25, -0.2) is 4.68 Å². The first-order chi connectivity index (χ1) is 8.73. The zero-order valence-electron chi connectivity index (χ0n) is 12.3. The summed E-state index contributed by atoms with van der Waals surface area (Å²) in [5.41, 5.74) is 6.15. The summed E-state index contributed by atoms with van der Waals surface area (Å²) in [4.78, 5) is 12.8. The van der Waals surface area contributed by atoms with E-state index in [9.17, 15) is 10.1 Å². The summed E-state index contributed by atoms with van der Waals surface area (Å²) in [6.07, 6.45) is 0. The van der Waals surface area contributed by atoms with Crippen LogP contribution in [0.4, 0.5) is 11.5 Å². The van der Waals surface area contributed by atoms with Crippen LogP contribution in [-0.2, 0) is 7.05 Å². The number of nitrogens with zero attached hydrogens (tertiary/aromatic N) is 4. The Balaban J connectivity index is 3.22. The van der Waals surface area contributed by atoms with E-state index in [1.165, 1.54) is 0 Å². The van der Waals surface area contributed by atoms with Gasteiger partial charge in [-0.3, -0.25) is 10.1 Å². The molecule has 2 N–H and O–H groups in total. The molecule has 0 atom stereocenters. The van der Waals surface area contributed by atoms with Gasteiger partial charge in [-0.2, -0.15) is 5.10 Å². The van der Waals surface area contributed by atoms with Crippen LogP contribution in [0.5, 0.6) is 0 Å². The third kappa shape index (κ3) is 3.23. The summed E-state index contributed by atoms with van der Waals surface area (Å²) in [6, 6.07) is 0. The van der Waals surface area contributed by atoms with Gasteiger partial charge in [-0.05, 0) is 25.8 Å². The van der Waals surface area contributed by atoms with Crippen molar-refractivity contribution < 1.29 is 4.92 Å². The minimum absolute atomic E-state index is 0.0807. The van der Waals surface area contributed by atoms with Crippen LogP contribution in [-0.4, -0.2) is 34.3 Å². The summed E-state index contributed by atoms with van der Waals surface area (Å²) < 4.78 is 1.57. The molecular formula is C12H23N5O2. The van der Waals surface area contributed by atoms with E-state index in [4.69, 9.17) is 5.73 Å². The second kappa shape index (κ2) is 5.56. The first kappa shape index (κ1) is 15.4. The molecule has 0 aliphatic carbocycles. The minimum Gasteiger partial charge on any atom is -0.351 e. The number of aromatic nitrogens is 2. The molecule has 0 aliphatic heterocycles. The molecule has 1 rings (SSSR count). The van der Waals surface area contributed by atoms with Crippen molar-refractivity contribution in [2.75, 3.05) is 24.5 Å². The van der Waals surface area contributed by atoms with Crippen LogP contribution in [0.1, 0.15) is 26.5 Å². The maximum atomic E-state index is 11.2. The quantitative estimate of drug-likeness (QED) is 0.623. The highest BCUT2D eigenvalue weighted by molar-refractivity contribution is 5.61. The van der Waals surface area contributed by atoms with Gasteiger partial charge < -0.3 is 10.6 Å². The van der Waals surface area contributed by atoms with Crippen molar-refractivity contribution >= 4 is 11.5 Å². The van der Waals surface area contributed by atoms with E-state index >= 15 is 0 Å². The highest BCUT2D eigenvalue weighted by atomic mass is 16.6. The molecule has 0 radical (unpaired) electrons. The standard InChI is InChI=1S/C12H23N5O2/c1-6-16(8-12(3,4)7-13)11-10(17(18)19)9(2)14-15(11)5/h6-8,13H2,1-5H3. The fourth-order valence-corrected chi connectivity index (χ4v) is 2.12. The molecule has 0 unspecified atom stereocenters. The average molecular weight is 269 g/mol. The van der Waals surface area contributed by atoms with Crippen molar-refractivity contribution in [1.29, 1.82) is 0 Å². The summed E-state index contributed by atoms with van der Waals surface area (Å²) >= 11 is 0. The molecule has 108 valence electrons. The molecule has 1 aromatic rings. The Bertz CT molecular complexity index is 467. The molecule has 0 spiro atoms. The van der Waals surface area contributed by atoms with Gasteiger partial charge in [0.15, 0.2) is 0 Å². The zero-order chi connectivity index (χ0) is 14.8. The predicted octanol–water partition coefficient (Wildman–Crippen LogP) is 1.45. The number of nitrogens with two attached hydrogens (primary N) is 1. The summed E-state index contributed by atoms with van der Waals surface area (Å²) in [6.45, 7) is 9.56. The summed E-state index contributed by atoms with van der Waals surface area (Å²) in [5.74, 6) is 0.548. The Hall–Kier alpha value is -1.63. The number of hydrogen-bond acceptors (Lipinski definition) is 5. The van der Waals surface area contributed by atoms with E-state index < -0.39 is 0 Å². The molecular weight excluding hydrogens is 246 g/mol. The Morgan fingerprint density at radius 2 is 2.11 bits per heavy atom. The van der Waals surface area contributed by atoms with Crippen molar-refractivity contribution in [3.8, 4) is 0 Å². The number of rotatable bonds is 6. The Morgan fingerprint density at radius 3 is 2.53 bits per heavy atom. The molecule has 0 amide bonds. The molecule has 1 aromatic heterocycles. The molecule has 0 saturated heterocycles. The van der Waals surface area contributed by atoms with Crippen molar-refractivity contribution in [2.45, 2.75) is 27.7 Å². The highest BCUT2D eigenvalue weighted by Crippen LogP contribution is 2.32. The monoisotopic (exact) mass is 269 g/mol. The Morgan fingerprint density at radius 1 is 1.53 bits per heavy atom. The van der Waals surface area contributed by atoms with Crippen LogP contribution < -0.4 is 10.6 Å². The normalized spacial score (nSPS) is 11.7. The highest BCUT2D eigenvalue weighted by Gasteiger charge is 2.30. The maximum Gasteiger partial charge on any atom is 0.333 e. The third-order valence-corrected chi connectivity index (χ3v) is 3.20. The molecule has 7 nitrogen and oxygen atoms in total. The molecule has 19 heavy (non-hydrogen) atoms. The van der Waals surface area contributed by atoms with Gasteiger partial charge in [0, 0.05) is 20.1 Å². The van der Waals surface area contributed by atoms with E-state index in [1.807, 2.05) is 25.7 Å². The number of anilines is 1. The van der Waals surface area contributed by atoms with Crippen LogP contribution in [0.15, 0.2) is 0 Å². The van der Waals surface area contributed by atoms with Gasteiger partial charge in [-0.15, -0.1) is 0 Å². The molecule has 0 saturated carbocycles. The van der Waals surface area contributed by atoms with E-state index in [1.54, 1.807) is 18.7 Å². The van der Waals surface area contributed by atoms with Crippen molar-refractivity contribution in [3.63, 3.8) is 0 Å². The van der Waals surface area contributed by atoms with Gasteiger partial charge >= 0.3 is 5.69 Å². The lowest BCUT2D eigenvalue weighted by molar-refractivity contribution is -0.384. The van der Waals surface area contributed by atoms with E-state index in [0.717, 1.165) is 0 Å². The first-order valence-corrected chi connectivity index (χ1v) is 6.36. The van der Waals surface area contributed by atoms with Gasteiger partial charge in [0.25, 0.3) is 0 Å². The van der Waals surface area contributed by atoms with Gasteiger partial charge in [0.2, 0.25) is 5.82 Å². The van der Waals surface area contributed by atoms with E-state index in [-0.39, 0.29) is 16.0 Å². The van der Waals surface area contributed by atoms with E-state index in [0.29, 0.717) is 31.1 Å². The van der Waals surface area contributed by atoms with Crippen LogP contribution in [0.25, 0.3) is 0 Å². The van der Waals surface area contributed by atoms with Crippen LogP contribution in [0.2, 0.25) is 0 Å². The molecule has 1 heterocycles. The second-order valence-corrected chi connectivity index (χ2v) is 5.52. The van der Waals surface area contributed by atoms with Crippen LogP contribution >= 0.6 is 0 Å². The molecule has 0 aliphatic rings. The first-order valence-electron chi connectivity index (χ1n) is 6.36. The minimum atomic E-state index is -0.365. The maximum absolute atomic E-state index is 11.2. The predicted molar refractivity (Wildman–Crippen MR) is 75.3 cm³/mol. The van der Waals surface area contributed by atoms with Crippen molar-refractivity contribution in [2.24, 2.45) is 18.2 Å². The zero-order valence-corrected chi connectivity index (χ0v) is 12.3. The van der Waals surface area contributed by atoms with Crippen molar-refractivity contribution in [1.82, 2.24) is 9.78 Å². The lowest BCUT2D eigenvalue weighted by Gasteiger charge is -2.31. The van der Waals surface area contributed by atoms with Crippen LogP contribution in [0, 0.1) is 22.5 Å². The number of nitro groups is 1.